The maximum atomic E-state index is 15.4. The second-order valence-corrected chi connectivity index (χ2v) is 6.72. The SMILES string of the molecule is CCNCC1CCN(c2c(F)cc3c(=O)c(O)c(C(=O)O)n(NC)c3c2F)C1. The van der Waals surface area contributed by atoms with E-state index in [4.69, 9.17) is 0 Å². The molecule has 1 fully saturated rings. The lowest BCUT2D eigenvalue weighted by molar-refractivity contribution is 0.0682. The zero-order chi connectivity index (χ0) is 20.6. The number of rotatable bonds is 6. The van der Waals surface area contributed by atoms with Crippen molar-refractivity contribution >= 4 is 22.6 Å². The van der Waals surface area contributed by atoms with Crippen LogP contribution < -0.4 is 21.1 Å². The number of hydrogen-bond donors (Lipinski definition) is 4. The number of nitrogens with one attached hydrogen (secondary N) is 2. The molecule has 1 aliphatic heterocycles. The van der Waals surface area contributed by atoms with Crippen LogP contribution in [0.1, 0.15) is 23.8 Å². The number of nitrogens with zero attached hydrogens (tertiary/aromatic N) is 2. The lowest BCUT2D eigenvalue weighted by Crippen LogP contribution is -2.29. The van der Waals surface area contributed by atoms with Crippen LogP contribution in [0.15, 0.2) is 10.9 Å². The Morgan fingerprint density at radius 2 is 2.11 bits per heavy atom. The van der Waals surface area contributed by atoms with Crippen LogP contribution in [0.2, 0.25) is 0 Å². The van der Waals surface area contributed by atoms with Gasteiger partial charge in [0.15, 0.2) is 17.3 Å². The molecule has 8 nitrogen and oxygen atoms in total. The van der Waals surface area contributed by atoms with Crippen molar-refractivity contribution in [1.82, 2.24) is 9.99 Å². The third kappa shape index (κ3) is 3.13. The first-order valence-electron chi connectivity index (χ1n) is 8.98. The Morgan fingerprint density at radius 1 is 1.39 bits per heavy atom. The molecule has 1 aliphatic rings. The van der Waals surface area contributed by atoms with E-state index in [9.17, 15) is 24.2 Å². The Hall–Kier alpha value is -2.88. The third-order valence-corrected chi connectivity index (χ3v) is 5.01. The van der Waals surface area contributed by atoms with Gasteiger partial charge in [0.2, 0.25) is 5.43 Å². The summed E-state index contributed by atoms with van der Waals surface area (Å²) in [5.41, 5.74) is -0.242. The maximum absolute atomic E-state index is 15.4. The number of fused-ring (bicyclic) bond motifs is 1. The van der Waals surface area contributed by atoms with Crippen LogP contribution in [0, 0.1) is 17.6 Å². The van der Waals surface area contributed by atoms with E-state index in [0.29, 0.717) is 13.1 Å². The molecule has 0 bridgehead atoms. The third-order valence-electron chi connectivity index (χ3n) is 5.01. The van der Waals surface area contributed by atoms with Gasteiger partial charge in [-0.3, -0.25) is 4.79 Å². The maximum Gasteiger partial charge on any atom is 0.358 e. The van der Waals surface area contributed by atoms with Crippen LogP contribution in [0.4, 0.5) is 14.5 Å². The van der Waals surface area contributed by atoms with Gasteiger partial charge in [-0.25, -0.2) is 18.3 Å². The van der Waals surface area contributed by atoms with E-state index in [-0.39, 0.29) is 11.6 Å². The number of benzene rings is 1. The summed E-state index contributed by atoms with van der Waals surface area (Å²) in [5, 5.41) is 22.0. The van der Waals surface area contributed by atoms with Gasteiger partial charge in [0.25, 0.3) is 0 Å². The lowest BCUT2D eigenvalue weighted by atomic mass is 10.1. The van der Waals surface area contributed by atoms with Crippen LogP contribution in [0.3, 0.4) is 0 Å². The zero-order valence-electron chi connectivity index (χ0n) is 15.6. The number of carboxylic acids is 1. The van der Waals surface area contributed by atoms with Crippen molar-refractivity contribution in [3.05, 3.63) is 33.6 Å². The van der Waals surface area contributed by atoms with E-state index in [2.05, 4.69) is 10.7 Å². The van der Waals surface area contributed by atoms with Crippen LogP contribution in [0.5, 0.6) is 5.75 Å². The quantitative estimate of drug-likeness (QED) is 0.583. The predicted molar refractivity (Wildman–Crippen MR) is 101 cm³/mol. The molecule has 1 aromatic carbocycles. The van der Waals surface area contributed by atoms with Gasteiger partial charge >= 0.3 is 5.97 Å². The van der Waals surface area contributed by atoms with Crippen molar-refractivity contribution < 1.29 is 23.8 Å². The molecule has 1 atom stereocenters. The molecule has 1 saturated heterocycles. The van der Waals surface area contributed by atoms with Gasteiger partial charge in [-0.05, 0) is 31.5 Å². The second-order valence-electron chi connectivity index (χ2n) is 6.72. The van der Waals surface area contributed by atoms with E-state index in [0.717, 1.165) is 30.3 Å². The molecule has 1 unspecified atom stereocenters. The first-order valence-corrected chi connectivity index (χ1v) is 8.98. The van der Waals surface area contributed by atoms with E-state index >= 15 is 4.39 Å². The molecule has 2 heterocycles. The number of carbonyl (C=O) groups is 1. The molecule has 152 valence electrons. The van der Waals surface area contributed by atoms with Gasteiger partial charge < -0.3 is 25.9 Å². The summed E-state index contributed by atoms with van der Waals surface area (Å²) in [7, 11) is 1.31. The summed E-state index contributed by atoms with van der Waals surface area (Å²) in [6.07, 6.45) is 0.749. The highest BCUT2D eigenvalue weighted by molar-refractivity contribution is 5.95. The number of carboxylic acid groups (broad SMARTS) is 1. The first kappa shape index (κ1) is 19.9. The van der Waals surface area contributed by atoms with Crippen molar-refractivity contribution in [2.45, 2.75) is 13.3 Å². The summed E-state index contributed by atoms with van der Waals surface area (Å²) in [4.78, 5) is 25.4. The van der Waals surface area contributed by atoms with E-state index < -0.39 is 45.4 Å². The molecule has 4 N–H and O–H groups in total. The molecule has 0 saturated carbocycles. The Balaban J connectivity index is 2.21. The highest BCUT2D eigenvalue weighted by Crippen LogP contribution is 2.34. The number of aromatic carboxylic acids is 1. The van der Waals surface area contributed by atoms with E-state index in [1.165, 1.54) is 7.05 Å². The van der Waals surface area contributed by atoms with Gasteiger partial charge in [0.1, 0.15) is 17.0 Å². The molecule has 0 spiro atoms. The summed E-state index contributed by atoms with van der Waals surface area (Å²) < 4.78 is 30.9. The molecule has 0 radical (unpaired) electrons. The smallest absolute Gasteiger partial charge is 0.358 e. The average molecular weight is 396 g/mol. The topological polar surface area (TPSA) is 107 Å². The fourth-order valence-electron chi connectivity index (χ4n) is 3.70. The minimum atomic E-state index is -1.62. The normalized spacial score (nSPS) is 16.7. The Bertz CT molecular complexity index is 992. The number of anilines is 1. The molecule has 28 heavy (non-hydrogen) atoms. The first-order chi connectivity index (χ1) is 13.3. The largest absolute Gasteiger partial charge is 0.502 e. The zero-order valence-corrected chi connectivity index (χ0v) is 15.6. The van der Waals surface area contributed by atoms with Gasteiger partial charge in [-0.1, -0.05) is 6.92 Å². The molecular weight excluding hydrogens is 374 g/mol. The summed E-state index contributed by atoms with van der Waals surface area (Å²) >= 11 is 0. The van der Waals surface area contributed by atoms with E-state index in [1.807, 2.05) is 6.92 Å². The minimum absolute atomic E-state index is 0.218. The van der Waals surface area contributed by atoms with Crippen molar-refractivity contribution in [2.75, 3.05) is 43.6 Å². The number of hydrogen-bond acceptors (Lipinski definition) is 6. The molecule has 1 aromatic heterocycles. The molecule has 10 heteroatoms. The van der Waals surface area contributed by atoms with Crippen LogP contribution >= 0.6 is 0 Å². The van der Waals surface area contributed by atoms with Crippen LogP contribution in [-0.4, -0.2) is 54.1 Å². The summed E-state index contributed by atoms with van der Waals surface area (Å²) in [6.45, 7) is 4.36. The van der Waals surface area contributed by atoms with Crippen molar-refractivity contribution in [3.63, 3.8) is 0 Å². The van der Waals surface area contributed by atoms with Gasteiger partial charge in [0.05, 0.1) is 5.39 Å². The monoisotopic (exact) mass is 396 g/mol. The average Bonchev–Trinajstić information content (AvgIpc) is 3.10. The summed E-state index contributed by atoms with van der Waals surface area (Å²) in [6, 6.07) is 0.840. The fraction of sp³-hybridized carbons (Fsp3) is 0.444. The van der Waals surface area contributed by atoms with Gasteiger partial charge in [-0.2, -0.15) is 0 Å². The number of halogens is 2. The second kappa shape index (κ2) is 7.63. The predicted octanol–water partition coefficient (Wildman–Crippen LogP) is 1.29. The minimum Gasteiger partial charge on any atom is -0.502 e. The number of pyridine rings is 1. The molecule has 0 amide bonds. The van der Waals surface area contributed by atoms with Gasteiger partial charge in [-0.15, -0.1) is 0 Å². The molecule has 3 rings (SSSR count). The number of aromatic hydroxyl groups is 1. The van der Waals surface area contributed by atoms with E-state index in [1.54, 1.807) is 4.90 Å². The fourth-order valence-corrected chi connectivity index (χ4v) is 3.70. The Kier molecular flexibility index (Phi) is 5.41. The van der Waals surface area contributed by atoms with Crippen molar-refractivity contribution in [3.8, 4) is 5.75 Å². The molecule has 0 aliphatic carbocycles. The molecular formula is C18H22F2N4O4. The number of aromatic nitrogens is 1. The summed E-state index contributed by atoms with van der Waals surface area (Å²) in [5.74, 6) is -4.48. The Labute approximate surface area is 159 Å². The molecule has 2 aromatic rings. The lowest BCUT2D eigenvalue weighted by Gasteiger charge is -2.23. The van der Waals surface area contributed by atoms with Crippen LogP contribution in [0.25, 0.3) is 10.9 Å². The van der Waals surface area contributed by atoms with Gasteiger partial charge in [0, 0.05) is 20.1 Å². The standard InChI is InChI=1S/C18H22F2N4O4/c1-3-22-7-9-4-5-23(8-9)14-11(19)6-10-13(12(14)20)24(21-2)15(18(27)28)17(26)16(10)25/h6,9,21-22,26H,3-5,7-8H2,1-2H3,(H,27,28). The Morgan fingerprint density at radius 3 is 2.71 bits per heavy atom. The van der Waals surface area contributed by atoms with Crippen LogP contribution in [-0.2, 0) is 0 Å². The highest BCUT2D eigenvalue weighted by atomic mass is 19.1. The van der Waals surface area contributed by atoms with Crippen molar-refractivity contribution in [2.24, 2.45) is 5.92 Å². The highest BCUT2D eigenvalue weighted by Gasteiger charge is 2.31. The van der Waals surface area contributed by atoms with Crippen molar-refractivity contribution in [1.29, 1.82) is 0 Å².